The van der Waals surface area contributed by atoms with E-state index < -0.39 is 0 Å². The van der Waals surface area contributed by atoms with E-state index in [1.165, 1.54) is 0 Å². The van der Waals surface area contributed by atoms with Crippen LogP contribution in [-0.4, -0.2) is 21.5 Å². The van der Waals surface area contributed by atoms with Gasteiger partial charge >= 0.3 is 0 Å². The molecule has 0 aromatic carbocycles. The Hall–Kier alpha value is -2.17. The lowest BCUT2D eigenvalue weighted by Gasteiger charge is -2.15. The fourth-order valence-electron chi connectivity index (χ4n) is 1.93. The topological polar surface area (TPSA) is 62.7 Å². The van der Waals surface area contributed by atoms with Crippen molar-refractivity contribution in [3.63, 3.8) is 0 Å². The Morgan fingerprint density at radius 2 is 1.95 bits per heavy atom. The lowest BCUT2D eigenvalue weighted by Crippen LogP contribution is -2.12. The van der Waals surface area contributed by atoms with Gasteiger partial charge in [0.05, 0.1) is 11.7 Å². The van der Waals surface area contributed by atoms with E-state index in [4.69, 9.17) is 0 Å². The summed E-state index contributed by atoms with van der Waals surface area (Å²) in [6, 6.07) is 7.94. The molecule has 5 heteroatoms. The molecule has 1 unspecified atom stereocenters. The number of hydrogen-bond acceptors (Lipinski definition) is 5. The molecule has 0 bridgehead atoms. The van der Waals surface area contributed by atoms with Crippen molar-refractivity contribution in [2.45, 2.75) is 33.2 Å². The van der Waals surface area contributed by atoms with Gasteiger partial charge in [-0.15, -0.1) is 0 Å². The number of hydrogen-bond donors (Lipinski definition) is 2. The summed E-state index contributed by atoms with van der Waals surface area (Å²) in [4.78, 5) is 13.3. The molecule has 0 aliphatic rings. The van der Waals surface area contributed by atoms with Crippen LogP contribution in [0.1, 0.15) is 38.3 Å². The third-order valence-corrected chi connectivity index (χ3v) is 2.94. The quantitative estimate of drug-likeness (QED) is 0.845. The van der Waals surface area contributed by atoms with Gasteiger partial charge in [-0.05, 0) is 26.0 Å². The first-order chi connectivity index (χ1) is 9.72. The largest absolute Gasteiger partial charge is 0.370 e. The molecular weight excluding hydrogens is 250 g/mol. The predicted molar refractivity (Wildman–Crippen MR) is 81.8 cm³/mol. The van der Waals surface area contributed by atoms with Gasteiger partial charge in [0.25, 0.3) is 0 Å². The van der Waals surface area contributed by atoms with Crippen LogP contribution in [0, 0.1) is 0 Å². The van der Waals surface area contributed by atoms with Crippen molar-refractivity contribution in [2.75, 3.05) is 17.2 Å². The third kappa shape index (κ3) is 3.66. The van der Waals surface area contributed by atoms with E-state index in [0.717, 1.165) is 36.1 Å². The first-order valence-corrected chi connectivity index (χ1v) is 7.02. The van der Waals surface area contributed by atoms with Gasteiger partial charge in [-0.1, -0.05) is 13.0 Å². The number of anilines is 2. The average Bonchev–Trinajstić information content (AvgIpc) is 2.48. The van der Waals surface area contributed by atoms with Crippen molar-refractivity contribution in [3.05, 3.63) is 42.0 Å². The van der Waals surface area contributed by atoms with Crippen molar-refractivity contribution < 1.29 is 0 Å². The molecule has 0 amide bonds. The summed E-state index contributed by atoms with van der Waals surface area (Å²) < 4.78 is 0. The van der Waals surface area contributed by atoms with Gasteiger partial charge in [0.15, 0.2) is 0 Å². The van der Waals surface area contributed by atoms with Crippen molar-refractivity contribution in [1.29, 1.82) is 0 Å². The molecule has 0 spiro atoms. The van der Waals surface area contributed by atoms with E-state index in [1.807, 2.05) is 24.3 Å². The zero-order valence-electron chi connectivity index (χ0n) is 12.2. The number of pyridine rings is 1. The van der Waals surface area contributed by atoms with E-state index in [9.17, 15) is 0 Å². The maximum atomic E-state index is 4.51. The minimum atomic E-state index is 0.102. The normalized spacial score (nSPS) is 11.9. The van der Waals surface area contributed by atoms with Crippen LogP contribution in [0.25, 0.3) is 0 Å². The highest BCUT2D eigenvalue weighted by Crippen LogP contribution is 2.18. The molecule has 2 N–H and O–H groups in total. The first kappa shape index (κ1) is 14.2. The molecular formula is C15H21N5. The summed E-state index contributed by atoms with van der Waals surface area (Å²) in [5.74, 6) is 2.51. The van der Waals surface area contributed by atoms with E-state index >= 15 is 0 Å². The fourth-order valence-corrected chi connectivity index (χ4v) is 1.93. The second-order valence-corrected chi connectivity index (χ2v) is 4.56. The number of nitrogens with zero attached hydrogens (tertiary/aromatic N) is 3. The molecule has 1 atom stereocenters. The molecule has 2 heterocycles. The first-order valence-electron chi connectivity index (χ1n) is 7.02. The van der Waals surface area contributed by atoms with Crippen molar-refractivity contribution in [1.82, 2.24) is 15.0 Å². The van der Waals surface area contributed by atoms with E-state index in [0.29, 0.717) is 0 Å². The molecule has 0 fully saturated rings. The number of nitrogens with one attached hydrogen (secondary N) is 2. The van der Waals surface area contributed by atoms with E-state index in [-0.39, 0.29) is 6.04 Å². The summed E-state index contributed by atoms with van der Waals surface area (Å²) >= 11 is 0. The minimum absolute atomic E-state index is 0.102. The molecule has 2 aromatic rings. The van der Waals surface area contributed by atoms with Crippen molar-refractivity contribution in [2.24, 2.45) is 0 Å². The van der Waals surface area contributed by atoms with Crippen LogP contribution in [0.5, 0.6) is 0 Å². The van der Waals surface area contributed by atoms with Crippen LogP contribution in [0.15, 0.2) is 30.5 Å². The maximum absolute atomic E-state index is 4.51. The molecule has 2 rings (SSSR count). The Bertz CT molecular complexity index is 541. The number of aromatic nitrogens is 3. The minimum Gasteiger partial charge on any atom is -0.370 e. The van der Waals surface area contributed by atoms with Crippen molar-refractivity contribution in [3.8, 4) is 0 Å². The van der Waals surface area contributed by atoms with Crippen LogP contribution in [0.3, 0.4) is 0 Å². The molecule has 0 saturated carbocycles. The highest BCUT2D eigenvalue weighted by molar-refractivity contribution is 5.48. The lowest BCUT2D eigenvalue weighted by atomic mass is 10.2. The smallest absolute Gasteiger partial charge is 0.132 e. The van der Waals surface area contributed by atoms with Gasteiger partial charge in [-0.25, -0.2) is 9.97 Å². The van der Waals surface area contributed by atoms with E-state index in [2.05, 4.69) is 46.4 Å². The van der Waals surface area contributed by atoms with Crippen LogP contribution in [0.4, 0.5) is 11.6 Å². The Labute approximate surface area is 119 Å². The fraction of sp³-hybridized carbons (Fsp3) is 0.400. The van der Waals surface area contributed by atoms with Crippen LogP contribution >= 0.6 is 0 Å². The van der Waals surface area contributed by atoms with Gasteiger partial charge < -0.3 is 10.6 Å². The summed E-state index contributed by atoms with van der Waals surface area (Å²) in [6.07, 6.45) is 2.61. The Kier molecular flexibility index (Phi) is 4.87. The third-order valence-electron chi connectivity index (χ3n) is 2.94. The maximum Gasteiger partial charge on any atom is 0.132 e. The van der Waals surface area contributed by atoms with Crippen LogP contribution in [-0.2, 0) is 6.42 Å². The molecule has 106 valence electrons. The summed E-state index contributed by atoms with van der Waals surface area (Å²) in [7, 11) is 0. The molecule has 0 aliphatic carbocycles. The summed E-state index contributed by atoms with van der Waals surface area (Å²) in [5.41, 5.74) is 0.995. The van der Waals surface area contributed by atoms with Crippen molar-refractivity contribution >= 4 is 11.6 Å². The molecule has 5 nitrogen and oxygen atoms in total. The molecule has 0 radical (unpaired) electrons. The monoisotopic (exact) mass is 271 g/mol. The highest BCUT2D eigenvalue weighted by Gasteiger charge is 2.09. The number of rotatable bonds is 6. The summed E-state index contributed by atoms with van der Waals surface area (Å²) in [5, 5.41) is 6.61. The Morgan fingerprint density at radius 1 is 1.15 bits per heavy atom. The van der Waals surface area contributed by atoms with Gasteiger partial charge in [0, 0.05) is 25.2 Å². The SMILES string of the molecule is CCNc1cc(NC(C)c2ccccn2)nc(CC)n1. The summed E-state index contributed by atoms with van der Waals surface area (Å²) in [6.45, 7) is 7.02. The van der Waals surface area contributed by atoms with E-state index in [1.54, 1.807) is 6.20 Å². The van der Waals surface area contributed by atoms with Gasteiger partial charge in [-0.3, -0.25) is 4.98 Å². The molecule has 0 aliphatic heterocycles. The van der Waals surface area contributed by atoms with Crippen LogP contribution < -0.4 is 10.6 Å². The van der Waals surface area contributed by atoms with Crippen LogP contribution in [0.2, 0.25) is 0 Å². The average molecular weight is 271 g/mol. The lowest BCUT2D eigenvalue weighted by molar-refractivity contribution is 0.822. The molecule has 20 heavy (non-hydrogen) atoms. The Morgan fingerprint density at radius 3 is 2.60 bits per heavy atom. The second-order valence-electron chi connectivity index (χ2n) is 4.56. The number of aryl methyl sites for hydroxylation is 1. The second kappa shape index (κ2) is 6.84. The van der Waals surface area contributed by atoms with Gasteiger partial charge in [-0.2, -0.15) is 0 Å². The highest BCUT2D eigenvalue weighted by atomic mass is 15.1. The predicted octanol–water partition coefficient (Wildman–Crippen LogP) is 3.04. The molecule has 2 aromatic heterocycles. The Balaban J connectivity index is 2.17. The zero-order chi connectivity index (χ0) is 14.4. The zero-order valence-corrected chi connectivity index (χ0v) is 12.2. The van der Waals surface area contributed by atoms with Gasteiger partial charge in [0.1, 0.15) is 17.5 Å². The van der Waals surface area contributed by atoms with Gasteiger partial charge in [0.2, 0.25) is 0 Å². The molecule has 0 saturated heterocycles. The standard InChI is InChI=1S/C15H21N5/c1-4-13-19-14(16-5-2)10-15(20-13)18-11(3)12-8-6-7-9-17-12/h6-11H,4-5H2,1-3H3,(H2,16,18,19,20).